The maximum absolute atomic E-state index is 12.9. The van der Waals surface area contributed by atoms with E-state index in [1.165, 1.54) is 12.1 Å². The monoisotopic (exact) mass is 252 g/mol. The van der Waals surface area contributed by atoms with Gasteiger partial charge >= 0.3 is 0 Å². The van der Waals surface area contributed by atoms with Gasteiger partial charge in [-0.25, -0.2) is 4.39 Å². The molecule has 1 aromatic carbocycles. The molecule has 0 bridgehead atoms. The van der Waals surface area contributed by atoms with Gasteiger partial charge in [0.1, 0.15) is 5.82 Å². The number of ether oxygens (including phenoxy) is 1. The summed E-state index contributed by atoms with van der Waals surface area (Å²) in [6, 6.07) is 6.04. The molecule has 1 fully saturated rings. The molecule has 18 heavy (non-hydrogen) atoms. The van der Waals surface area contributed by atoms with Crippen molar-refractivity contribution in [1.82, 2.24) is 0 Å². The van der Waals surface area contributed by atoms with Crippen molar-refractivity contribution in [3.63, 3.8) is 0 Å². The lowest BCUT2D eigenvalue weighted by Gasteiger charge is -2.30. The van der Waals surface area contributed by atoms with Crippen LogP contribution in [0.1, 0.15) is 45.8 Å². The van der Waals surface area contributed by atoms with Crippen LogP contribution in [0.3, 0.4) is 0 Å². The number of aliphatic hydroxyl groups excluding tert-OH is 1. The fourth-order valence-electron chi connectivity index (χ4n) is 2.99. The van der Waals surface area contributed by atoms with Crippen LogP contribution in [0.15, 0.2) is 24.3 Å². The second kappa shape index (κ2) is 4.32. The van der Waals surface area contributed by atoms with Gasteiger partial charge in [-0.15, -0.1) is 0 Å². The average Bonchev–Trinajstić information content (AvgIpc) is 2.47. The molecule has 100 valence electrons. The van der Waals surface area contributed by atoms with Crippen LogP contribution in [0.5, 0.6) is 0 Å². The topological polar surface area (TPSA) is 29.5 Å². The Hall–Kier alpha value is -0.930. The standard InChI is InChI=1S/C15H21FO2/c1-14(2)9-12(15(3,4)18-14)13(17)10-5-7-11(16)8-6-10/h5-8,12-13,17H,9H2,1-4H3. The van der Waals surface area contributed by atoms with E-state index in [1.807, 2.05) is 27.7 Å². The average molecular weight is 252 g/mol. The van der Waals surface area contributed by atoms with E-state index >= 15 is 0 Å². The molecular formula is C15H21FO2. The highest BCUT2D eigenvalue weighted by atomic mass is 19.1. The van der Waals surface area contributed by atoms with E-state index in [-0.39, 0.29) is 22.9 Å². The molecule has 2 atom stereocenters. The predicted octanol–water partition coefficient (Wildman–Crippen LogP) is 3.45. The van der Waals surface area contributed by atoms with E-state index in [0.717, 1.165) is 12.0 Å². The van der Waals surface area contributed by atoms with E-state index in [2.05, 4.69) is 0 Å². The fraction of sp³-hybridized carbons (Fsp3) is 0.600. The molecule has 1 aliphatic heterocycles. The van der Waals surface area contributed by atoms with Gasteiger partial charge < -0.3 is 9.84 Å². The minimum absolute atomic E-state index is 0.0120. The van der Waals surface area contributed by atoms with Crippen molar-refractivity contribution in [2.24, 2.45) is 5.92 Å². The second-order valence-corrected chi connectivity index (χ2v) is 6.27. The minimum Gasteiger partial charge on any atom is -0.388 e. The third-order valence-corrected chi connectivity index (χ3v) is 3.74. The zero-order chi connectivity index (χ0) is 13.6. The van der Waals surface area contributed by atoms with Gasteiger partial charge in [0.05, 0.1) is 17.3 Å². The molecule has 0 aliphatic carbocycles. The SMILES string of the molecule is CC1(C)CC(C(O)c2ccc(F)cc2)C(C)(C)O1. The van der Waals surface area contributed by atoms with Gasteiger partial charge in [-0.2, -0.15) is 0 Å². The van der Waals surface area contributed by atoms with Gasteiger partial charge in [0.25, 0.3) is 0 Å². The Kier molecular flexibility index (Phi) is 3.24. The van der Waals surface area contributed by atoms with Gasteiger partial charge in [0, 0.05) is 5.92 Å². The highest BCUT2D eigenvalue weighted by molar-refractivity contribution is 5.20. The number of halogens is 1. The van der Waals surface area contributed by atoms with Crippen molar-refractivity contribution >= 4 is 0 Å². The summed E-state index contributed by atoms with van der Waals surface area (Å²) in [5.41, 5.74) is 0.141. The summed E-state index contributed by atoms with van der Waals surface area (Å²) in [5.74, 6) is -0.272. The van der Waals surface area contributed by atoms with Gasteiger partial charge in [-0.1, -0.05) is 12.1 Å². The molecule has 3 heteroatoms. The lowest BCUT2D eigenvalue weighted by atomic mass is 9.80. The minimum atomic E-state index is -0.623. The van der Waals surface area contributed by atoms with Crippen LogP contribution >= 0.6 is 0 Å². The number of aliphatic hydroxyl groups is 1. The largest absolute Gasteiger partial charge is 0.388 e. The van der Waals surface area contributed by atoms with Crippen LogP contribution in [0.2, 0.25) is 0 Å². The van der Waals surface area contributed by atoms with Crippen molar-refractivity contribution in [2.75, 3.05) is 0 Å². The Morgan fingerprint density at radius 3 is 2.22 bits per heavy atom. The summed E-state index contributed by atoms with van der Waals surface area (Å²) in [5, 5.41) is 10.5. The smallest absolute Gasteiger partial charge is 0.123 e. The van der Waals surface area contributed by atoms with Crippen LogP contribution in [-0.2, 0) is 4.74 Å². The fourth-order valence-corrected chi connectivity index (χ4v) is 2.99. The maximum Gasteiger partial charge on any atom is 0.123 e. The van der Waals surface area contributed by atoms with Crippen LogP contribution in [-0.4, -0.2) is 16.3 Å². The Labute approximate surface area is 108 Å². The maximum atomic E-state index is 12.9. The number of hydrogen-bond donors (Lipinski definition) is 1. The first-order valence-electron chi connectivity index (χ1n) is 6.35. The quantitative estimate of drug-likeness (QED) is 0.873. The zero-order valence-corrected chi connectivity index (χ0v) is 11.4. The lowest BCUT2D eigenvalue weighted by Crippen LogP contribution is -2.32. The Morgan fingerprint density at radius 2 is 1.78 bits per heavy atom. The predicted molar refractivity (Wildman–Crippen MR) is 68.7 cm³/mol. The van der Waals surface area contributed by atoms with Gasteiger partial charge in [0.2, 0.25) is 0 Å². The van der Waals surface area contributed by atoms with E-state index < -0.39 is 6.10 Å². The van der Waals surface area contributed by atoms with Crippen LogP contribution in [0.4, 0.5) is 4.39 Å². The first kappa shape index (κ1) is 13.5. The molecule has 0 amide bonds. The molecular weight excluding hydrogens is 231 g/mol. The van der Waals surface area contributed by atoms with Gasteiger partial charge in [-0.3, -0.25) is 0 Å². The normalized spacial score (nSPS) is 27.1. The molecule has 1 N–H and O–H groups in total. The summed E-state index contributed by atoms with van der Waals surface area (Å²) < 4.78 is 18.9. The highest BCUT2D eigenvalue weighted by Crippen LogP contribution is 2.47. The summed E-state index contributed by atoms with van der Waals surface area (Å²) >= 11 is 0. The molecule has 1 heterocycles. The summed E-state index contributed by atoms with van der Waals surface area (Å²) in [4.78, 5) is 0. The van der Waals surface area contributed by atoms with E-state index in [1.54, 1.807) is 12.1 Å². The first-order valence-corrected chi connectivity index (χ1v) is 6.35. The lowest BCUT2D eigenvalue weighted by molar-refractivity contribution is -0.0880. The molecule has 2 nitrogen and oxygen atoms in total. The third kappa shape index (κ3) is 2.57. The molecule has 1 aromatic rings. The first-order chi connectivity index (χ1) is 8.21. The van der Waals surface area contributed by atoms with E-state index in [4.69, 9.17) is 4.74 Å². The summed E-state index contributed by atoms with van der Waals surface area (Å²) in [6.45, 7) is 8.07. The van der Waals surface area contributed by atoms with Crippen molar-refractivity contribution in [3.8, 4) is 0 Å². The molecule has 0 spiro atoms. The second-order valence-electron chi connectivity index (χ2n) is 6.27. The van der Waals surface area contributed by atoms with Crippen LogP contribution < -0.4 is 0 Å². The Morgan fingerprint density at radius 1 is 1.22 bits per heavy atom. The van der Waals surface area contributed by atoms with E-state index in [0.29, 0.717) is 0 Å². The molecule has 0 radical (unpaired) electrons. The van der Waals surface area contributed by atoms with Crippen molar-refractivity contribution in [1.29, 1.82) is 0 Å². The van der Waals surface area contributed by atoms with Gasteiger partial charge in [0.15, 0.2) is 0 Å². The van der Waals surface area contributed by atoms with Crippen LogP contribution in [0, 0.1) is 11.7 Å². The molecule has 0 aromatic heterocycles. The number of rotatable bonds is 2. The molecule has 1 aliphatic rings. The highest BCUT2D eigenvalue weighted by Gasteiger charge is 2.49. The van der Waals surface area contributed by atoms with Crippen molar-refractivity contribution < 1.29 is 14.2 Å². The molecule has 2 rings (SSSR count). The summed E-state index contributed by atoms with van der Waals surface area (Å²) in [6.07, 6.45) is 0.167. The molecule has 0 saturated carbocycles. The Balaban J connectivity index is 2.23. The third-order valence-electron chi connectivity index (χ3n) is 3.74. The Bertz CT molecular complexity index is 423. The summed E-state index contributed by atoms with van der Waals surface area (Å²) in [7, 11) is 0. The van der Waals surface area contributed by atoms with Crippen molar-refractivity contribution in [3.05, 3.63) is 35.6 Å². The van der Waals surface area contributed by atoms with Crippen LogP contribution in [0.25, 0.3) is 0 Å². The van der Waals surface area contributed by atoms with Gasteiger partial charge in [-0.05, 0) is 51.8 Å². The van der Waals surface area contributed by atoms with Crippen molar-refractivity contribution in [2.45, 2.75) is 51.4 Å². The molecule has 1 saturated heterocycles. The number of hydrogen-bond acceptors (Lipinski definition) is 2. The zero-order valence-electron chi connectivity index (χ0n) is 11.4. The number of benzene rings is 1. The van der Waals surface area contributed by atoms with E-state index in [9.17, 15) is 9.50 Å². The molecule has 2 unspecified atom stereocenters.